The first kappa shape index (κ1) is 12.2. The molecule has 0 aromatic carbocycles. The predicted molar refractivity (Wildman–Crippen MR) is 60.7 cm³/mol. The molecule has 4 nitrogen and oxygen atoms in total. The molecule has 0 aliphatic heterocycles. The lowest BCUT2D eigenvalue weighted by atomic mass is 10.2. The van der Waals surface area contributed by atoms with Gasteiger partial charge < -0.3 is 15.0 Å². The Balaban J connectivity index is 2.16. The molecule has 0 bridgehead atoms. The lowest BCUT2D eigenvalue weighted by Gasteiger charge is -2.10. The minimum atomic E-state index is -0.270. The van der Waals surface area contributed by atoms with Crippen molar-refractivity contribution in [3.8, 4) is 0 Å². The van der Waals surface area contributed by atoms with E-state index < -0.39 is 0 Å². The van der Waals surface area contributed by atoms with E-state index in [4.69, 9.17) is 0 Å². The van der Waals surface area contributed by atoms with E-state index >= 15 is 0 Å². The van der Waals surface area contributed by atoms with E-state index in [0.29, 0.717) is 6.54 Å². The van der Waals surface area contributed by atoms with Gasteiger partial charge in [0.2, 0.25) is 0 Å². The van der Waals surface area contributed by atoms with Gasteiger partial charge in [0.1, 0.15) is 5.82 Å². The summed E-state index contributed by atoms with van der Waals surface area (Å²) in [6.45, 7) is 3.77. The van der Waals surface area contributed by atoms with Crippen molar-refractivity contribution in [2.75, 3.05) is 13.1 Å². The van der Waals surface area contributed by atoms with Crippen molar-refractivity contribution >= 4 is 0 Å². The summed E-state index contributed by atoms with van der Waals surface area (Å²) in [7, 11) is 1.98. The first-order chi connectivity index (χ1) is 7.24. The molecule has 2 N–H and O–H groups in total. The Morgan fingerprint density at radius 1 is 1.60 bits per heavy atom. The van der Waals surface area contributed by atoms with Crippen LogP contribution in [0.5, 0.6) is 0 Å². The lowest BCUT2D eigenvalue weighted by Crippen LogP contribution is -2.27. The topological polar surface area (TPSA) is 50.1 Å². The van der Waals surface area contributed by atoms with E-state index in [0.717, 1.165) is 31.6 Å². The Morgan fingerprint density at radius 2 is 2.40 bits per heavy atom. The molecule has 0 aliphatic rings. The molecule has 0 fully saturated rings. The molecule has 15 heavy (non-hydrogen) atoms. The minimum Gasteiger partial charge on any atom is -0.392 e. The van der Waals surface area contributed by atoms with E-state index in [9.17, 15) is 5.11 Å². The van der Waals surface area contributed by atoms with Gasteiger partial charge in [-0.1, -0.05) is 6.92 Å². The largest absolute Gasteiger partial charge is 0.392 e. The molecule has 0 spiro atoms. The molecule has 0 radical (unpaired) electrons. The van der Waals surface area contributed by atoms with E-state index in [2.05, 4.69) is 17.2 Å². The molecule has 1 unspecified atom stereocenters. The number of aliphatic hydroxyl groups excluding tert-OH is 1. The summed E-state index contributed by atoms with van der Waals surface area (Å²) in [6.07, 6.45) is 6.15. The number of aliphatic hydroxyl groups is 1. The van der Waals surface area contributed by atoms with Crippen LogP contribution < -0.4 is 5.32 Å². The maximum Gasteiger partial charge on any atom is 0.108 e. The standard InChI is InChI=1S/C11H21N3O/c1-3-6-12-9-10(15)4-5-11-13-7-8-14(11)2/h7-8,10,12,15H,3-6,9H2,1-2H3. The van der Waals surface area contributed by atoms with Crippen LogP contribution in [0.25, 0.3) is 0 Å². The molecule has 0 saturated heterocycles. The predicted octanol–water partition coefficient (Wildman–Crippen LogP) is 0.713. The van der Waals surface area contributed by atoms with E-state index in [-0.39, 0.29) is 6.10 Å². The van der Waals surface area contributed by atoms with E-state index in [1.807, 2.05) is 17.8 Å². The third-order valence-electron chi connectivity index (χ3n) is 2.43. The third kappa shape index (κ3) is 4.44. The van der Waals surface area contributed by atoms with E-state index in [1.165, 1.54) is 0 Å². The van der Waals surface area contributed by atoms with Crippen LogP contribution in [0.4, 0.5) is 0 Å². The first-order valence-corrected chi connectivity index (χ1v) is 5.59. The Hall–Kier alpha value is -0.870. The van der Waals surface area contributed by atoms with Gasteiger partial charge in [0.05, 0.1) is 6.10 Å². The van der Waals surface area contributed by atoms with Gasteiger partial charge in [-0.05, 0) is 19.4 Å². The van der Waals surface area contributed by atoms with Gasteiger partial charge in [0.25, 0.3) is 0 Å². The summed E-state index contributed by atoms with van der Waals surface area (Å²) in [4.78, 5) is 4.22. The molecule has 1 aromatic rings. The zero-order chi connectivity index (χ0) is 11.1. The summed E-state index contributed by atoms with van der Waals surface area (Å²) in [5.41, 5.74) is 0. The average Bonchev–Trinajstić information content (AvgIpc) is 2.61. The van der Waals surface area contributed by atoms with Crippen molar-refractivity contribution in [3.05, 3.63) is 18.2 Å². The monoisotopic (exact) mass is 211 g/mol. The van der Waals surface area contributed by atoms with Crippen LogP contribution in [0.1, 0.15) is 25.6 Å². The molecule has 0 aliphatic carbocycles. The highest BCUT2D eigenvalue weighted by Crippen LogP contribution is 2.01. The van der Waals surface area contributed by atoms with Crippen LogP contribution in [0.15, 0.2) is 12.4 Å². The van der Waals surface area contributed by atoms with Crippen LogP contribution in [-0.4, -0.2) is 33.9 Å². The van der Waals surface area contributed by atoms with Gasteiger partial charge in [0.15, 0.2) is 0 Å². The summed E-state index contributed by atoms with van der Waals surface area (Å²) in [5, 5.41) is 12.9. The number of hydrogen-bond donors (Lipinski definition) is 2. The number of hydrogen-bond acceptors (Lipinski definition) is 3. The number of nitrogens with zero attached hydrogens (tertiary/aromatic N) is 2. The highest BCUT2D eigenvalue weighted by Gasteiger charge is 2.06. The smallest absolute Gasteiger partial charge is 0.108 e. The zero-order valence-corrected chi connectivity index (χ0v) is 9.61. The fourth-order valence-corrected chi connectivity index (χ4v) is 1.48. The van der Waals surface area contributed by atoms with E-state index in [1.54, 1.807) is 6.20 Å². The first-order valence-electron chi connectivity index (χ1n) is 5.59. The summed E-state index contributed by atoms with van der Waals surface area (Å²) in [6, 6.07) is 0. The van der Waals surface area contributed by atoms with Gasteiger partial charge in [-0.2, -0.15) is 0 Å². The van der Waals surface area contributed by atoms with Crippen LogP contribution in [0.2, 0.25) is 0 Å². The molecule has 0 saturated carbocycles. The Kier molecular flexibility index (Phi) is 5.36. The molecule has 86 valence electrons. The van der Waals surface area contributed by atoms with Gasteiger partial charge in [-0.15, -0.1) is 0 Å². The third-order valence-corrected chi connectivity index (χ3v) is 2.43. The molecule has 1 rings (SSSR count). The number of aryl methyl sites for hydroxylation is 2. The fraction of sp³-hybridized carbons (Fsp3) is 0.727. The van der Waals surface area contributed by atoms with Crippen molar-refractivity contribution < 1.29 is 5.11 Å². The summed E-state index contributed by atoms with van der Waals surface area (Å²) < 4.78 is 1.99. The fourth-order valence-electron chi connectivity index (χ4n) is 1.48. The number of rotatable bonds is 7. The van der Waals surface area contributed by atoms with Crippen molar-refractivity contribution in [3.63, 3.8) is 0 Å². The average molecular weight is 211 g/mol. The SMILES string of the molecule is CCCNCC(O)CCc1nccn1C. The highest BCUT2D eigenvalue weighted by molar-refractivity contribution is 4.91. The Labute approximate surface area is 91.3 Å². The summed E-state index contributed by atoms with van der Waals surface area (Å²) >= 11 is 0. The molecular weight excluding hydrogens is 190 g/mol. The van der Waals surface area contributed by atoms with Crippen LogP contribution >= 0.6 is 0 Å². The molecule has 4 heteroatoms. The number of imidazole rings is 1. The van der Waals surface area contributed by atoms with Crippen molar-refractivity contribution in [2.45, 2.75) is 32.3 Å². The van der Waals surface area contributed by atoms with Gasteiger partial charge in [0, 0.05) is 32.4 Å². The van der Waals surface area contributed by atoms with Gasteiger partial charge in [-0.3, -0.25) is 0 Å². The van der Waals surface area contributed by atoms with Crippen LogP contribution in [0.3, 0.4) is 0 Å². The minimum absolute atomic E-state index is 0.270. The maximum absolute atomic E-state index is 9.67. The molecule has 1 atom stereocenters. The second-order valence-electron chi connectivity index (χ2n) is 3.85. The quantitative estimate of drug-likeness (QED) is 0.653. The van der Waals surface area contributed by atoms with Crippen molar-refractivity contribution in [2.24, 2.45) is 7.05 Å². The second-order valence-corrected chi connectivity index (χ2v) is 3.85. The molecule has 0 amide bonds. The van der Waals surface area contributed by atoms with Gasteiger partial charge >= 0.3 is 0 Å². The normalized spacial score (nSPS) is 13.0. The van der Waals surface area contributed by atoms with Crippen LogP contribution in [-0.2, 0) is 13.5 Å². The maximum atomic E-state index is 9.67. The zero-order valence-electron chi connectivity index (χ0n) is 9.61. The molecular formula is C11H21N3O. The lowest BCUT2D eigenvalue weighted by molar-refractivity contribution is 0.161. The number of aromatic nitrogens is 2. The Bertz CT molecular complexity index is 273. The number of nitrogens with one attached hydrogen (secondary N) is 1. The second kappa shape index (κ2) is 6.58. The Morgan fingerprint density at radius 3 is 3.00 bits per heavy atom. The van der Waals surface area contributed by atoms with Gasteiger partial charge in [-0.25, -0.2) is 4.98 Å². The summed E-state index contributed by atoms with van der Waals surface area (Å²) in [5.74, 6) is 1.03. The molecule has 1 heterocycles. The van der Waals surface area contributed by atoms with Crippen molar-refractivity contribution in [1.82, 2.24) is 14.9 Å². The van der Waals surface area contributed by atoms with Crippen LogP contribution in [0, 0.1) is 0 Å². The highest BCUT2D eigenvalue weighted by atomic mass is 16.3. The van der Waals surface area contributed by atoms with Crippen molar-refractivity contribution in [1.29, 1.82) is 0 Å². The molecule has 1 aromatic heterocycles.